The van der Waals surface area contributed by atoms with Crippen LogP contribution in [0.1, 0.15) is 24.2 Å². The van der Waals surface area contributed by atoms with E-state index in [0.29, 0.717) is 11.3 Å². The van der Waals surface area contributed by atoms with E-state index >= 15 is 0 Å². The second-order valence-electron chi connectivity index (χ2n) is 4.93. The normalized spacial score (nSPS) is 11.8. The summed E-state index contributed by atoms with van der Waals surface area (Å²) in [6, 6.07) is 9.87. The molecule has 0 aromatic heterocycles. The van der Waals surface area contributed by atoms with Crippen LogP contribution in [-0.4, -0.2) is 16.9 Å². The van der Waals surface area contributed by atoms with Gasteiger partial charge in [-0.15, -0.1) is 11.8 Å². The fourth-order valence-corrected chi connectivity index (χ4v) is 2.81. The third-order valence-corrected chi connectivity index (χ3v) is 4.28. The quantitative estimate of drug-likeness (QED) is 0.655. The van der Waals surface area contributed by atoms with Crippen LogP contribution in [0.3, 0.4) is 0 Å². The standard InChI is InChI=1S/C17H15F2NO2S/c1-10(21)13-5-3-4-6-15(13)20-17(22)11(2)23-16-8-7-12(18)9-14(16)19/h3-9,11H,1-2H3,(H,20,22)/t11-/m1/s1. The van der Waals surface area contributed by atoms with E-state index in [-0.39, 0.29) is 16.6 Å². The van der Waals surface area contributed by atoms with Gasteiger partial charge in [-0.1, -0.05) is 12.1 Å². The van der Waals surface area contributed by atoms with Crippen LogP contribution in [0, 0.1) is 11.6 Å². The number of carbonyl (C=O) groups is 2. The summed E-state index contributed by atoms with van der Waals surface area (Å²) < 4.78 is 26.5. The number of hydrogen-bond acceptors (Lipinski definition) is 3. The molecule has 0 fully saturated rings. The van der Waals surface area contributed by atoms with Crippen molar-refractivity contribution in [2.75, 3.05) is 5.32 Å². The number of Topliss-reactive ketones (excluding diaryl/α,β-unsaturated/α-hetero) is 1. The van der Waals surface area contributed by atoms with Crippen LogP contribution in [0.25, 0.3) is 0 Å². The lowest BCUT2D eigenvalue weighted by atomic mass is 10.1. The summed E-state index contributed by atoms with van der Waals surface area (Å²) in [7, 11) is 0. The monoisotopic (exact) mass is 335 g/mol. The van der Waals surface area contributed by atoms with Gasteiger partial charge in [0, 0.05) is 16.5 Å². The fraction of sp³-hybridized carbons (Fsp3) is 0.176. The van der Waals surface area contributed by atoms with Crippen LogP contribution in [0.15, 0.2) is 47.4 Å². The first-order chi connectivity index (χ1) is 10.9. The van der Waals surface area contributed by atoms with E-state index in [1.807, 2.05) is 0 Å². The van der Waals surface area contributed by atoms with Crippen molar-refractivity contribution in [3.8, 4) is 0 Å². The van der Waals surface area contributed by atoms with Gasteiger partial charge in [0.2, 0.25) is 5.91 Å². The van der Waals surface area contributed by atoms with Gasteiger partial charge >= 0.3 is 0 Å². The Balaban J connectivity index is 2.10. The van der Waals surface area contributed by atoms with Gasteiger partial charge in [-0.05, 0) is 38.1 Å². The van der Waals surface area contributed by atoms with Crippen LogP contribution in [0.4, 0.5) is 14.5 Å². The number of para-hydroxylation sites is 1. The molecule has 23 heavy (non-hydrogen) atoms. The Labute approximate surface area is 137 Å². The van der Waals surface area contributed by atoms with Gasteiger partial charge in [-0.2, -0.15) is 0 Å². The zero-order valence-corrected chi connectivity index (χ0v) is 13.4. The highest BCUT2D eigenvalue weighted by Gasteiger charge is 2.18. The Bertz CT molecular complexity index is 749. The lowest BCUT2D eigenvalue weighted by Crippen LogP contribution is -2.23. The summed E-state index contributed by atoms with van der Waals surface area (Å²) in [6.07, 6.45) is 0. The number of carbonyl (C=O) groups excluding carboxylic acids is 2. The molecule has 0 radical (unpaired) electrons. The first kappa shape index (κ1) is 17.1. The zero-order valence-electron chi connectivity index (χ0n) is 12.6. The molecule has 0 unspecified atom stereocenters. The molecule has 0 saturated heterocycles. The van der Waals surface area contributed by atoms with E-state index in [1.165, 1.54) is 13.0 Å². The summed E-state index contributed by atoms with van der Waals surface area (Å²) in [4.78, 5) is 24.0. The van der Waals surface area contributed by atoms with E-state index in [2.05, 4.69) is 5.32 Å². The third kappa shape index (κ3) is 4.39. The summed E-state index contributed by atoms with van der Waals surface area (Å²) in [6.45, 7) is 3.02. The second kappa shape index (κ2) is 7.37. The van der Waals surface area contributed by atoms with E-state index in [4.69, 9.17) is 0 Å². The van der Waals surface area contributed by atoms with Gasteiger partial charge in [0.15, 0.2) is 5.78 Å². The molecule has 1 amide bonds. The summed E-state index contributed by atoms with van der Waals surface area (Å²) in [5, 5.41) is 2.05. The Kier molecular flexibility index (Phi) is 5.50. The van der Waals surface area contributed by atoms with Crippen molar-refractivity contribution in [1.29, 1.82) is 0 Å². The molecule has 2 aromatic rings. The number of benzene rings is 2. The Morgan fingerprint density at radius 1 is 1.13 bits per heavy atom. The lowest BCUT2D eigenvalue weighted by molar-refractivity contribution is -0.115. The first-order valence-corrected chi connectivity index (χ1v) is 7.79. The number of halogens is 2. The zero-order chi connectivity index (χ0) is 17.0. The van der Waals surface area contributed by atoms with Crippen molar-refractivity contribution in [2.45, 2.75) is 24.0 Å². The average molecular weight is 335 g/mol. The van der Waals surface area contributed by atoms with Crippen LogP contribution in [0.2, 0.25) is 0 Å². The van der Waals surface area contributed by atoms with Crippen molar-refractivity contribution in [2.24, 2.45) is 0 Å². The van der Waals surface area contributed by atoms with E-state index in [1.54, 1.807) is 31.2 Å². The minimum absolute atomic E-state index is 0.161. The second-order valence-corrected chi connectivity index (χ2v) is 6.31. The first-order valence-electron chi connectivity index (χ1n) is 6.91. The number of rotatable bonds is 5. The smallest absolute Gasteiger partial charge is 0.237 e. The number of nitrogens with one attached hydrogen (secondary N) is 1. The average Bonchev–Trinajstić information content (AvgIpc) is 2.50. The molecular formula is C17H15F2NO2S. The van der Waals surface area contributed by atoms with Crippen molar-refractivity contribution in [3.05, 3.63) is 59.7 Å². The minimum atomic E-state index is -0.709. The van der Waals surface area contributed by atoms with Gasteiger partial charge in [0.1, 0.15) is 11.6 Å². The largest absolute Gasteiger partial charge is 0.324 e. The van der Waals surface area contributed by atoms with Crippen LogP contribution < -0.4 is 5.32 Å². The van der Waals surface area contributed by atoms with Gasteiger partial charge in [0.25, 0.3) is 0 Å². The molecule has 0 spiro atoms. The molecule has 0 aliphatic heterocycles. The van der Waals surface area contributed by atoms with Crippen LogP contribution in [0.5, 0.6) is 0 Å². The molecule has 3 nitrogen and oxygen atoms in total. The molecule has 120 valence electrons. The highest BCUT2D eigenvalue weighted by Crippen LogP contribution is 2.27. The molecule has 0 aliphatic carbocycles. The van der Waals surface area contributed by atoms with Crippen LogP contribution >= 0.6 is 11.8 Å². The Morgan fingerprint density at radius 3 is 2.48 bits per heavy atom. The van der Waals surface area contributed by atoms with Gasteiger partial charge in [-0.25, -0.2) is 8.78 Å². The number of anilines is 1. The van der Waals surface area contributed by atoms with E-state index in [9.17, 15) is 18.4 Å². The van der Waals surface area contributed by atoms with E-state index < -0.39 is 16.9 Å². The Morgan fingerprint density at radius 2 is 1.83 bits per heavy atom. The molecule has 0 saturated carbocycles. The SMILES string of the molecule is CC(=O)c1ccccc1NC(=O)[C@@H](C)Sc1ccc(F)cc1F. The predicted molar refractivity (Wildman–Crippen MR) is 86.8 cm³/mol. The summed E-state index contributed by atoms with van der Waals surface area (Å²) in [5.41, 5.74) is 0.822. The number of thioether (sulfide) groups is 1. The molecular weight excluding hydrogens is 320 g/mol. The molecule has 0 heterocycles. The van der Waals surface area contributed by atoms with Gasteiger partial charge in [-0.3, -0.25) is 9.59 Å². The third-order valence-electron chi connectivity index (χ3n) is 3.13. The van der Waals surface area contributed by atoms with Crippen molar-refractivity contribution in [1.82, 2.24) is 0 Å². The van der Waals surface area contributed by atoms with E-state index in [0.717, 1.165) is 23.9 Å². The number of amides is 1. The highest BCUT2D eigenvalue weighted by atomic mass is 32.2. The van der Waals surface area contributed by atoms with Crippen molar-refractivity contribution >= 4 is 29.1 Å². The maximum atomic E-state index is 13.6. The lowest BCUT2D eigenvalue weighted by Gasteiger charge is -2.14. The Hall–Kier alpha value is -2.21. The molecule has 6 heteroatoms. The van der Waals surface area contributed by atoms with Crippen molar-refractivity contribution < 1.29 is 18.4 Å². The summed E-state index contributed by atoms with van der Waals surface area (Å²) in [5.74, 6) is -1.91. The van der Waals surface area contributed by atoms with Gasteiger partial charge in [0.05, 0.1) is 10.9 Å². The molecule has 0 aliphatic rings. The van der Waals surface area contributed by atoms with Crippen molar-refractivity contribution in [3.63, 3.8) is 0 Å². The maximum Gasteiger partial charge on any atom is 0.237 e. The maximum absolute atomic E-state index is 13.6. The molecule has 2 aromatic carbocycles. The number of ketones is 1. The molecule has 1 N–H and O–H groups in total. The molecule has 0 bridgehead atoms. The highest BCUT2D eigenvalue weighted by molar-refractivity contribution is 8.00. The summed E-state index contributed by atoms with van der Waals surface area (Å²) >= 11 is 0.982. The number of hydrogen-bond donors (Lipinski definition) is 1. The minimum Gasteiger partial charge on any atom is -0.324 e. The molecule has 2 rings (SSSR count). The van der Waals surface area contributed by atoms with Crippen LogP contribution in [-0.2, 0) is 4.79 Å². The topological polar surface area (TPSA) is 46.2 Å². The molecule has 1 atom stereocenters. The fourth-order valence-electron chi connectivity index (χ4n) is 1.95. The predicted octanol–water partition coefficient (Wildman–Crippen LogP) is 4.29. The van der Waals surface area contributed by atoms with Gasteiger partial charge < -0.3 is 5.32 Å².